The van der Waals surface area contributed by atoms with Crippen LogP contribution < -0.4 is 10.7 Å². The molecule has 8 heteroatoms. The molecule has 22 heavy (non-hydrogen) atoms. The van der Waals surface area contributed by atoms with Crippen LogP contribution in [0.1, 0.15) is 11.3 Å². The van der Waals surface area contributed by atoms with Crippen LogP contribution in [0, 0.1) is 0 Å². The van der Waals surface area contributed by atoms with E-state index in [2.05, 4.69) is 15.8 Å². The lowest BCUT2D eigenvalue weighted by Gasteiger charge is -2.01. The summed E-state index contributed by atoms with van der Waals surface area (Å²) in [4.78, 5) is 23.0. The molecule has 0 unspecified atom stereocenters. The van der Waals surface area contributed by atoms with E-state index >= 15 is 0 Å². The second-order valence-electron chi connectivity index (χ2n) is 4.13. The normalized spacial score (nSPS) is 10.6. The first-order chi connectivity index (χ1) is 10.6. The van der Waals surface area contributed by atoms with E-state index in [0.717, 1.165) is 0 Å². The summed E-state index contributed by atoms with van der Waals surface area (Å²) in [6.07, 6.45) is 2.82. The van der Waals surface area contributed by atoms with Crippen LogP contribution in [0.3, 0.4) is 0 Å². The van der Waals surface area contributed by atoms with Crippen molar-refractivity contribution >= 4 is 41.2 Å². The Labute approximate surface area is 136 Å². The molecular formula is C14H11Cl2N3O3. The van der Waals surface area contributed by atoms with E-state index in [1.807, 2.05) is 0 Å². The fourth-order valence-electron chi connectivity index (χ4n) is 1.47. The fraction of sp³-hybridized carbons (Fsp3) is 0.0714. The molecule has 1 aromatic heterocycles. The minimum absolute atomic E-state index is 0.121. The summed E-state index contributed by atoms with van der Waals surface area (Å²) < 4.78 is 5.02. The van der Waals surface area contributed by atoms with Gasteiger partial charge in [0.05, 0.1) is 29.1 Å². The van der Waals surface area contributed by atoms with Crippen LogP contribution in [-0.4, -0.2) is 18.0 Å². The molecule has 0 spiro atoms. The van der Waals surface area contributed by atoms with Crippen LogP contribution in [0.4, 0.5) is 0 Å². The SMILES string of the molecule is O=C(NCc1ccco1)C(=O)N/N=C/c1ccc(Cl)c(Cl)c1. The predicted octanol–water partition coefficient (Wildman–Crippen LogP) is 2.35. The number of carbonyl (C=O) groups excluding carboxylic acids is 2. The Bertz CT molecular complexity index is 699. The van der Waals surface area contributed by atoms with Gasteiger partial charge in [0.1, 0.15) is 5.76 Å². The molecule has 6 nitrogen and oxygen atoms in total. The third-order valence-corrected chi connectivity index (χ3v) is 3.27. The van der Waals surface area contributed by atoms with Crippen LogP contribution in [0.5, 0.6) is 0 Å². The molecule has 2 N–H and O–H groups in total. The minimum Gasteiger partial charge on any atom is -0.467 e. The first-order valence-corrected chi connectivity index (χ1v) is 6.90. The highest BCUT2D eigenvalue weighted by Gasteiger charge is 2.12. The zero-order valence-corrected chi connectivity index (χ0v) is 12.7. The zero-order valence-electron chi connectivity index (χ0n) is 11.2. The Morgan fingerprint density at radius 2 is 2.00 bits per heavy atom. The lowest BCUT2D eigenvalue weighted by Crippen LogP contribution is -2.37. The summed E-state index contributed by atoms with van der Waals surface area (Å²) in [6, 6.07) is 8.21. The molecule has 0 aliphatic heterocycles. The Morgan fingerprint density at radius 1 is 1.18 bits per heavy atom. The number of amides is 2. The van der Waals surface area contributed by atoms with Gasteiger partial charge in [-0.1, -0.05) is 29.3 Å². The minimum atomic E-state index is -0.886. The van der Waals surface area contributed by atoms with Crippen molar-refractivity contribution in [1.82, 2.24) is 10.7 Å². The number of nitrogens with zero attached hydrogens (tertiary/aromatic N) is 1. The maximum Gasteiger partial charge on any atom is 0.329 e. The predicted molar refractivity (Wildman–Crippen MR) is 82.8 cm³/mol. The number of halogens is 2. The summed E-state index contributed by atoms with van der Waals surface area (Å²) in [5.41, 5.74) is 2.74. The van der Waals surface area contributed by atoms with Gasteiger partial charge in [0, 0.05) is 0 Å². The number of hydrogen-bond donors (Lipinski definition) is 2. The molecule has 2 rings (SSSR count). The van der Waals surface area contributed by atoms with Gasteiger partial charge in [-0.05, 0) is 29.8 Å². The molecule has 2 amide bonds. The number of rotatable bonds is 4. The molecule has 0 bridgehead atoms. The van der Waals surface area contributed by atoms with Crippen LogP contribution >= 0.6 is 23.2 Å². The first kappa shape index (κ1) is 16.1. The van der Waals surface area contributed by atoms with Crippen LogP contribution in [0.2, 0.25) is 10.0 Å². The largest absolute Gasteiger partial charge is 0.467 e. The second-order valence-corrected chi connectivity index (χ2v) is 4.95. The third-order valence-electron chi connectivity index (χ3n) is 2.53. The molecule has 2 aromatic rings. The van der Waals surface area contributed by atoms with Crippen molar-refractivity contribution in [2.45, 2.75) is 6.54 Å². The maximum atomic E-state index is 11.5. The lowest BCUT2D eigenvalue weighted by atomic mass is 10.2. The highest BCUT2D eigenvalue weighted by molar-refractivity contribution is 6.42. The standard InChI is InChI=1S/C14H11Cl2N3O3/c15-11-4-3-9(6-12(11)16)7-18-19-14(21)13(20)17-8-10-2-1-5-22-10/h1-7H,8H2,(H,17,20)(H,19,21)/b18-7+. The molecule has 0 saturated heterocycles. The average molecular weight is 340 g/mol. The van der Waals surface area contributed by atoms with Crippen molar-refractivity contribution in [1.29, 1.82) is 0 Å². The lowest BCUT2D eigenvalue weighted by molar-refractivity contribution is -0.139. The van der Waals surface area contributed by atoms with Crippen LogP contribution in [0.15, 0.2) is 46.1 Å². The van der Waals surface area contributed by atoms with Crippen molar-refractivity contribution in [2.75, 3.05) is 0 Å². The number of hydrazone groups is 1. The summed E-state index contributed by atoms with van der Waals surface area (Å²) in [5, 5.41) is 6.85. The highest BCUT2D eigenvalue weighted by atomic mass is 35.5. The number of benzene rings is 1. The van der Waals surface area contributed by atoms with Crippen molar-refractivity contribution in [3.8, 4) is 0 Å². The fourth-order valence-corrected chi connectivity index (χ4v) is 1.78. The molecule has 1 aromatic carbocycles. The van der Waals surface area contributed by atoms with Crippen LogP contribution in [-0.2, 0) is 16.1 Å². The highest BCUT2D eigenvalue weighted by Crippen LogP contribution is 2.21. The molecule has 0 atom stereocenters. The van der Waals surface area contributed by atoms with Gasteiger partial charge >= 0.3 is 11.8 Å². The molecule has 0 saturated carbocycles. The van der Waals surface area contributed by atoms with E-state index in [0.29, 0.717) is 21.4 Å². The molecule has 0 fully saturated rings. The Hall–Kier alpha value is -2.31. The number of furan rings is 1. The summed E-state index contributed by atoms with van der Waals surface area (Å²) in [7, 11) is 0. The quantitative estimate of drug-likeness (QED) is 0.509. The second kappa shape index (κ2) is 7.63. The number of carbonyl (C=O) groups is 2. The summed E-state index contributed by atoms with van der Waals surface area (Å²) in [6.45, 7) is 0.121. The van der Waals surface area contributed by atoms with E-state index in [9.17, 15) is 9.59 Å². The maximum absolute atomic E-state index is 11.5. The van der Waals surface area contributed by atoms with Gasteiger partial charge < -0.3 is 9.73 Å². The van der Waals surface area contributed by atoms with Crippen LogP contribution in [0.25, 0.3) is 0 Å². The number of nitrogens with one attached hydrogen (secondary N) is 2. The van der Waals surface area contributed by atoms with Crippen molar-refractivity contribution < 1.29 is 14.0 Å². The van der Waals surface area contributed by atoms with E-state index in [1.54, 1.807) is 30.3 Å². The van der Waals surface area contributed by atoms with Gasteiger partial charge in [-0.15, -0.1) is 0 Å². The Balaban J connectivity index is 1.82. The Kier molecular flexibility index (Phi) is 5.57. The van der Waals surface area contributed by atoms with Gasteiger partial charge in [-0.3, -0.25) is 9.59 Å². The van der Waals surface area contributed by atoms with Gasteiger partial charge in [-0.2, -0.15) is 5.10 Å². The molecule has 0 aliphatic carbocycles. The molecule has 0 radical (unpaired) electrons. The third kappa shape index (κ3) is 4.61. The van der Waals surface area contributed by atoms with E-state index in [4.69, 9.17) is 27.6 Å². The smallest absolute Gasteiger partial charge is 0.329 e. The first-order valence-electron chi connectivity index (χ1n) is 6.15. The Morgan fingerprint density at radius 3 is 2.68 bits per heavy atom. The van der Waals surface area contributed by atoms with Gasteiger partial charge in [0.25, 0.3) is 0 Å². The topological polar surface area (TPSA) is 83.7 Å². The van der Waals surface area contributed by atoms with Gasteiger partial charge in [0.15, 0.2) is 0 Å². The van der Waals surface area contributed by atoms with E-state index in [1.165, 1.54) is 12.5 Å². The summed E-state index contributed by atoms with van der Waals surface area (Å²) in [5.74, 6) is -1.16. The monoisotopic (exact) mass is 339 g/mol. The van der Waals surface area contributed by atoms with Crippen molar-refractivity contribution in [2.24, 2.45) is 5.10 Å². The molecule has 114 valence electrons. The molecule has 0 aliphatic rings. The zero-order chi connectivity index (χ0) is 15.9. The van der Waals surface area contributed by atoms with Gasteiger partial charge in [-0.25, -0.2) is 5.43 Å². The van der Waals surface area contributed by atoms with Crippen molar-refractivity contribution in [3.05, 3.63) is 58.0 Å². The molecular weight excluding hydrogens is 329 g/mol. The van der Waals surface area contributed by atoms with Crippen molar-refractivity contribution in [3.63, 3.8) is 0 Å². The number of hydrogen-bond acceptors (Lipinski definition) is 4. The molecule has 1 heterocycles. The van der Waals surface area contributed by atoms with E-state index < -0.39 is 11.8 Å². The van der Waals surface area contributed by atoms with E-state index in [-0.39, 0.29) is 6.54 Å². The summed E-state index contributed by atoms with van der Waals surface area (Å²) >= 11 is 11.6. The van der Waals surface area contributed by atoms with Gasteiger partial charge in [0.2, 0.25) is 0 Å². The average Bonchev–Trinajstić information content (AvgIpc) is 3.01.